The summed E-state index contributed by atoms with van der Waals surface area (Å²) in [6.07, 6.45) is 3.29. The first-order valence-corrected chi connectivity index (χ1v) is 13.5. The first-order valence-electron chi connectivity index (χ1n) is 13.5. The summed E-state index contributed by atoms with van der Waals surface area (Å²) in [6, 6.07) is 16.8. The van der Waals surface area contributed by atoms with Gasteiger partial charge in [0.05, 0.1) is 33.4 Å². The average molecular weight is 515 g/mol. The lowest BCUT2D eigenvalue weighted by atomic mass is 9.90. The summed E-state index contributed by atoms with van der Waals surface area (Å²) in [7, 11) is 1.42. The van der Waals surface area contributed by atoms with Gasteiger partial charge in [0.25, 0.3) is 0 Å². The molecular weight excluding hydrogens is 480 g/mol. The number of esters is 1. The molecule has 3 aliphatic rings. The zero-order valence-electron chi connectivity index (χ0n) is 22.3. The van der Waals surface area contributed by atoms with Crippen molar-refractivity contribution in [1.82, 2.24) is 0 Å². The summed E-state index contributed by atoms with van der Waals surface area (Å²) in [5, 5.41) is 0. The van der Waals surface area contributed by atoms with E-state index < -0.39 is 0 Å². The average Bonchev–Trinajstić information content (AvgIpc) is 3.65. The van der Waals surface area contributed by atoms with E-state index in [9.17, 15) is 4.79 Å². The van der Waals surface area contributed by atoms with Gasteiger partial charge < -0.3 is 23.7 Å². The van der Waals surface area contributed by atoms with Gasteiger partial charge >= 0.3 is 5.97 Å². The van der Waals surface area contributed by atoms with Crippen molar-refractivity contribution in [2.45, 2.75) is 57.7 Å². The number of hydrogen-bond donors (Lipinski definition) is 0. The predicted molar refractivity (Wildman–Crippen MR) is 144 cm³/mol. The minimum absolute atomic E-state index is 0.0131. The molecule has 3 aromatic rings. The Kier molecular flexibility index (Phi) is 6.75. The number of ether oxygens (including phenoxy) is 5. The molecule has 1 fully saturated rings. The number of fused-ring (bicyclic) bond motifs is 2. The number of carbonyl (C=O) groups is 1. The van der Waals surface area contributed by atoms with Crippen molar-refractivity contribution >= 4 is 5.97 Å². The molecule has 1 saturated heterocycles. The molecule has 0 spiro atoms. The molecule has 1 aliphatic carbocycles. The van der Waals surface area contributed by atoms with Crippen molar-refractivity contribution in [3.8, 4) is 28.4 Å². The van der Waals surface area contributed by atoms with Crippen molar-refractivity contribution in [1.29, 1.82) is 0 Å². The minimum Gasteiger partial charge on any atom is -0.492 e. The summed E-state index contributed by atoms with van der Waals surface area (Å²) in [5.41, 5.74) is 8.63. The van der Waals surface area contributed by atoms with Gasteiger partial charge in [0.15, 0.2) is 0 Å². The Hall–Kier alpha value is -3.51. The number of rotatable bonds is 7. The van der Waals surface area contributed by atoms with E-state index in [0.29, 0.717) is 19.6 Å². The van der Waals surface area contributed by atoms with E-state index >= 15 is 0 Å². The highest BCUT2D eigenvalue weighted by atomic mass is 16.5. The highest BCUT2D eigenvalue weighted by Crippen LogP contribution is 2.44. The summed E-state index contributed by atoms with van der Waals surface area (Å²) in [6.45, 7) is 6.26. The summed E-state index contributed by atoms with van der Waals surface area (Å²) in [5.74, 6) is 2.30. The Morgan fingerprint density at radius 2 is 1.79 bits per heavy atom. The van der Waals surface area contributed by atoms with Crippen molar-refractivity contribution in [3.63, 3.8) is 0 Å². The van der Waals surface area contributed by atoms with Crippen molar-refractivity contribution in [2.24, 2.45) is 0 Å². The molecule has 6 nitrogen and oxygen atoms in total. The van der Waals surface area contributed by atoms with Gasteiger partial charge in [-0.1, -0.05) is 24.3 Å². The fourth-order valence-electron chi connectivity index (χ4n) is 6.14. The van der Waals surface area contributed by atoms with Crippen LogP contribution in [0, 0.1) is 13.8 Å². The molecule has 3 atom stereocenters. The third-order valence-electron chi connectivity index (χ3n) is 7.97. The second-order valence-corrected chi connectivity index (χ2v) is 10.5. The fraction of sp³-hybridized carbons (Fsp3) is 0.406. The molecule has 0 saturated carbocycles. The molecule has 38 heavy (non-hydrogen) atoms. The standard InChI is InChI=1S/C32H34O6/c1-19-13-24(37-23-11-12-35-18-23)14-20(2)32(19)28-6-4-5-27-26(28)9-10-29(27)38-22-7-8-25-21(15-31(33)34-3)17-36-30(25)16-22/h4-8,13-14,16,21,23,29H,9-12,15,17-18H2,1-3H3/t21-,23+,29-/m1/s1. The Labute approximate surface area is 223 Å². The highest BCUT2D eigenvalue weighted by molar-refractivity contribution is 5.76. The lowest BCUT2D eigenvalue weighted by Crippen LogP contribution is -2.15. The molecule has 2 aliphatic heterocycles. The van der Waals surface area contributed by atoms with Crippen molar-refractivity contribution in [3.05, 3.63) is 76.3 Å². The summed E-state index contributed by atoms with van der Waals surface area (Å²) in [4.78, 5) is 11.7. The predicted octanol–water partition coefficient (Wildman–Crippen LogP) is 6.24. The highest BCUT2D eigenvalue weighted by Gasteiger charge is 2.30. The van der Waals surface area contributed by atoms with Crippen molar-refractivity contribution < 1.29 is 28.5 Å². The normalized spacial score (nSPS) is 21.5. The van der Waals surface area contributed by atoms with E-state index in [4.69, 9.17) is 23.7 Å². The van der Waals surface area contributed by atoms with E-state index in [0.717, 1.165) is 48.7 Å². The Bertz CT molecular complexity index is 1330. The van der Waals surface area contributed by atoms with Crippen LogP contribution < -0.4 is 14.2 Å². The van der Waals surface area contributed by atoms with Crippen LogP contribution in [0.25, 0.3) is 11.1 Å². The largest absolute Gasteiger partial charge is 0.492 e. The van der Waals surface area contributed by atoms with Crippen LogP contribution in [0.5, 0.6) is 17.2 Å². The third-order valence-corrected chi connectivity index (χ3v) is 7.97. The zero-order chi connectivity index (χ0) is 26.2. The van der Waals surface area contributed by atoms with Crippen LogP contribution in [-0.2, 0) is 20.7 Å². The van der Waals surface area contributed by atoms with Gasteiger partial charge in [-0.25, -0.2) is 0 Å². The maximum atomic E-state index is 11.7. The molecule has 0 unspecified atom stereocenters. The number of methoxy groups -OCH3 is 1. The van der Waals surface area contributed by atoms with Crippen LogP contribution in [0.2, 0.25) is 0 Å². The Morgan fingerprint density at radius 1 is 0.947 bits per heavy atom. The molecule has 6 rings (SSSR count). The van der Waals surface area contributed by atoms with Crippen LogP contribution in [0.3, 0.4) is 0 Å². The van der Waals surface area contributed by atoms with Gasteiger partial charge in [0.1, 0.15) is 29.5 Å². The Balaban J connectivity index is 1.22. The SMILES string of the molecule is COC(=O)C[C@@H]1COc2cc(O[C@@H]3CCc4c(-c5c(C)cc(O[C@H]6CCOC6)cc5C)cccc43)ccc21. The second-order valence-electron chi connectivity index (χ2n) is 10.5. The van der Waals surface area contributed by atoms with Crippen LogP contribution >= 0.6 is 0 Å². The molecule has 6 heteroatoms. The van der Waals surface area contributed by atoms with Gasteiger partial charge in [-0.15, -0.1) is 0 Å². The first kappa shape index (κ1) is 24.8. The van der Waals surface area contributed by atoms with E-state index in [2.05, 4.69) is 44.2 Å². The number of hydrogen-bond acceptors (Lipinski definition) is 6. The Morgan fingerprint density at radius 3 is 2.55 bits per heavy atom. The van der Waals surface area contributed by atoms with Crippen LogP contribution in [0.1, 0.15) is 59.1 Å². The van der Waals surface area contributed by atoms with Crippen molar-refractivity contribution in [2.75, 3.05) is 26.9 Å². The van der Waals surface area contributed by atoms with Crippen LogP contribution in [0.4, 0.5) is 0 Å². The van der Waals surface area contributed by atoms with E-state index in [-0.39, 0.29) is 24.1 Å². The minimum atomic E-state index is -0.221. The van der Waals surface area contributed by atoms with Gasteiger partial charge in [-0.3, -0.25) is 4.79 Å². The zero-order valence-corrected chi connectivity index (χ0v) is 22.3. The lowest BCUT2D eigenvalue weighted by molar-refractivity contribution is -0.141. The smallest absolute Gasteiger partial charge is 0.306 e. The van der Waals surface area contributed by atoms with Gasteiger partial charge in [0.2, 0.25) is 0 Å². The molecule has 0 bridgehead atoms. The van der Waals surface area contributed by atoms with Crippen LogP contribution in [-0.4, -0.2) is 39.0 Å². The summed E-state index contributed by atoms with van der Waals surface area (Å²) >= 11 is 0. The van der Waals surface area contributed by atoms with E-state index in [1.807, 2.05) is 18.2 Å². The second kappa shape index (κ2) is 10.3. The van der Waals surface area contributed by atoms with E-state index in [1.165, 1.54) is 40.5 Å². The number of benzene rings is 3. The maximum absolute atomic E-state index is 11.7. The monoisotopic (exact) mass is 514 g/mol. The molecule has 0 radical (unpaired) electrons. The molecular formula is C32H34O6. The topological polar surface area (TPSA) is 63.2 Å². The number of carbonyl (C=O) groups excluding carboxylic acids is 1. The molecule has 0 aromatic heterocycles. The lowest BCUT2D eigenvalue weighted by Gasteiger charge is -2.19. The van der Waals surface area contributed by atoms with E-state index in [1.54, 1.807) is 0 Å². The van der Waals surface area contributed by atoms with Gasteiger partial charge in [-0.05, 0) is 78.3 Å². The number of aryl methyl sites for hydroxylation is 2. The molecule has 3 aromatic carbocycles. The van der Waals surface area contributed by atoms with Gasteiger partial charge in [-0.2, -0.15) is 0 Å². The van der Waals surface area contributed by atoms with Gasteiger partial charge in [0, 0.05) is 24.0 Å². The molecule has 0 amide bonds. The fourth-order valence-corrected chi connectivity index (χ4v) is 6.14. The summed E-state index contributed by atoms with van der Waals surface area (Å²) < 4.78 is 28.9. The molecule has 198 valence electrons. The quantitative estimate of drug-likeness (QED) is 0.348. The molecule has 2 heterocycles. The third kappa shape index (κ3) is 4.73. The maximum Gasteiger partial charge on any atom is 0.306 e. The van der Waals surface area contributed by atoms with Crippen LogP contribution in [0.15, 0.2) is 48.5 Å². The molecule has 0 N–H and O–H groups in total. The first-order chi connectivity index (χ1) is 18.5.